The lowest BCUT2D eigenvalue weighted by atomic mass is 10.1. The molecule has 0 spiro atoms. The molecule has 0 aliphatic rings. The van der Waals surface area contributed by atoms with Crippen LogP contribution in [-0.4, -0.2) is 13.7 Å². The van der Waals surface area contributed by atoms with Gasteiger partial charge < -0.3 is 10.5 Å². The smallest absolute Gasteiger partial charge is 0.133 e. The minimum Gasteiger partial charge on any atom is -0.496 e. The summed E-state index contributed by atoms with van der Waals surface area (Å²) in [7, 11) is 1.64. The number of methoxy groups -OCH3 is 1. The molecular weight excluding hydrogens is 265 g/mol. The number of rotatable bonds is 4. The summed E-state index contributed by atoms with van der Waals surface area (Å²) in [6.07, 6.45) is 1.82. The summed E-state index contributed by atoms with van der Waals surface area (Å²) < 4.78 is 6.06. The van der Waals surface area contributed by atoms with Gasteiger partial charge in [-0.2, -0.15) is 0 Å². The summed E-state index contributed by atoms with van der Waals surface area (Å²) in [5, 5.41) is 0.756. The van der Waals surface area contributed by atoms with Crippen molar-refractivity contribution in [3.63, 3.8) is 0 Å². The van der Waals surface area contributed by atoms with Crippen LogP contribution in [0.1, 0.15) is 12.0 Å². The maximum absolute atomic E-state index is 6.07. The molecule has 0 radical (unpaired) electrons. The number of nitrogens with two attached hydrogens (primary N) is 1. The molecule has 0 fully saturated rings. The Morgan fingerprint density at radius 2 is 2.21 bits per heavy atom. The largest absolute Gasteiger partial charge is 0.496 e. The topological polar surface area (TPSA) is 35.2 Å². The van der Waals surface area contributed by atoms with Crippen molar-refractivity contribution in [3.05, 3.63) is 27.2 Å². The van der Waals surface area contributed by atoms with Crippen molar-refractivity contribution in [1.29, 1.82) is 0 Å². The molecular formula is C10H13BrClNO. The van der Waals surface area contributed by atoms with E-state index < -0.39 is 0 Å². The number of aryl methyl sites for hydroxylation is 1. The van der Waals surface area contributed by atoms with Crippen LogP contribution in [0.2, 0.25) is 5.02 Å². The first kappa shape index (κ1) is 11.8. The summed E-state index contributed by atoms with van der Waals surface area (Å²) in [6.45, 7) is 0.675. The third-order valence-electron chi connectivity index (χ3n) is 1.97. The first-order valence-corrected chi connectivity index (χ1v) is 5.58. The zero-order valence-corrected chi connectivity index (χ0v) is 10.4. The number of benzene rings is 1. The van der Waals surface area contributed by atoms with Gasteiger partial charge in [0.15, 0.2) is 0 Å². The van der Waals surface area contributed by atoms with Crippen LogP contribution in [0.5, 0.6) is 5.75 Å². The molecule has 0 saturated heterocycles. The summed E-state index contributed by atoms with van der Waals surface area (Å²) >= 11 is 9.44. The van der Waals surface area contributed by atoms with E-state index >= 15 is 0 Å². The first-order chi connectivity index (χ1) is 6.69. The molecule has 0 saturated carbocycles. The highest BCUT2D eigenvalue weighted by molar-refractivity contribution is 9.10. The van der Waals surface area contributed by atoms with E-state index in [0.29, 0.717) is 6.54 Å². The van der Waals surface area contributed by atoms with Gasteiger partial charge in [-0.3, -0.25) is 0 Å². The lowest BCUT2D eigenvalue weighted by Crippen LogP contribution is -2.01. The minimum absolute atomic E-state index is 0.675. The fourth-order valence-corrected chi connectivity index (χ4v) is 2.11. The van der Waals surface area contributed by atoms with Crippen LogP contribution in [0.3, 0.4) is 0 Å². The van der Waals surface area contributed by atoms with Gasteiger partial charge in [-0.05, 0) is 53.0 Å². The van der Waals surface area contributed by atoms with E-state index in [4.69, 9.17) is 22.1 Å². The van der Waals surface area contributed by atoms with E-state index in [1.54, 1.807) is 7.11 Å². The molecule has 4 heteroatoms. The Morgan fingerprint density at radius 3 is 2.79 bits per heavy atom. The zero-order valence-electron chi connectivity index (χ0n) is 8.02. The van der Waals surface area contributed by atoms with Gasteiger partial charge in [0, 0.05) is 5.02 Å². The molecule has 0 aliphatic heterocycles. The van der Waals surface area contributed by atoms with E-state index in [2.05, 4.69) is 15.9 Å². The van der Waals surface area contributed by atoms with Crippen molar-refractivity contribution >= 4 is 27.5 Å². The monoisotopic (exact) mass is 277 g/mol. The van der Waals surface area contributed by atoms with Gasteiger partial charge in [0.05, 0.1) is 11.6 Å². The molecule has 0 aromatic heterocycles. The zero-order chi connectivity index (χ0) is 10.6. The Labute approximate surface area is 97.5 Å². The lowest BCUT2D eigenvalue weighted by molar-refractivity contribution is 0.411. The van der Waals surface area contributed by atoms with Gasteiger partial charge >= 0.3 is 0 Å². The van der Waals surface area contributed by atoms with Crippen molar-refractivity contribution in [2.75, 3.05) is 13.7 Å². The highest BCUT2D eigenvalue weighted by atomic mass is 79.9. The second kappa shape index (κ2) is 5.59. The maximum Gasteiger partial charge on any atom is 0.133 e. The highest BCUT2D eigenvalue weighted by Crippen LogP contribution is 2.31. The third kappa shape index (κ3) is 2.87. The summed E-state index contributed by atoms with van der Waals surface area (Å²) in [4.78, 5) is 0. The Balaban J connectivity index is 2.92. The van der Waals surface area contributed by atoms with Crippen LogP contribution in [-0.2, 0) is 6.42 Å². The number of hydrogen-bond acceptors (Lipinski definition) is 2. The van der Waals surface area contributed by atoms with Gasteiger partial charge in [0.2, 0.25) is 0 Å². The fourth-order valence-electron chi connectivity index (χ4n) is 1.21. The quantitative estimate of drug-likeness (QED) is 0.919. The lowest BCUT2D eigenvalue weighted by Gasteiger charge is -2.08. The Kier molecular flexibility index (Phi) is 4.72. The van der Waals surface area contributed by atoms with Gasteiger partial charge in [0.1, 0.15) is 5.75 Å². The fraction of sp³-hybridized carbons (Fsp3) is 0.400. The van der Waals surface area contributed by atoms with E-state index in [1.807, 2.05) is 12.1 Å². The van der Waals surface area contributed by atoms with Crippen molar-refractivity contribution in [2.24, 2.45) is 5.73 Å². The van der Waals surface area contributed by atoms with Gasteiger partial charge in [-0.15, -0.1) is 0 Å². The molecule has 0 bridgehead atoms. The molecule has 2 nitrogen and oxygen atoms in total. The molecule has 1 rings (SSSR count). The molecule has 0 amide bonds. The molecule has 0 atom stereocenters. The molecule has 1 aromatic rings. The van der Waals surface area contributed by atoms with Crippen molar-refractivity contribution in [2.45, 2.75) is 12.8 Å². The Hall–Kier alpha value is -0.250. The van der Waals surface area contributed by atoms with Crippen LogP contribution in [0.25, 0.3) is 0 Å². The SMILES string of the molecule is COc1cc(CCCN)c(Cl)cc1Br. The van der Waals surface area contributed by atoms with E-state index in [9.17, 15) is 0 Å². The minimum atomic E-state index is 0.675. The molecule has 0 unspecified atom stereocenters. The van der Waals surface area contributed by atoms with Crippen LogP contribution in [0.4, 0.5) is 0 Å². The second-order valence-corrected chi connectivity index (χ2v) is 4.23. The van der Waals surface area contributed by atoms with Gasteiger partial charge in [-0.25, -0.2) is 0 Å². The Morgan fingerprint density at radius 1 is 1.50 bits per heavy atom. The van der Waals surface area contributed by atoms with E-state index in [0.717, 1.165) is 33.6 Å². The molecule has 0 heterocycles. The second-order valence-electron chi connectivity index (χ2n) is 2.97. The van der Waals surface area contributed by atoms with E-state index in [1.165, 1.54) is 0 Å². The average molecular weight is 279 g/mol. The molecule has 1 aromatic carbocycles. The molecule has 14 heavy (non-hydrogen) atoms. The van der Waals surface area contributed by atoms with Gasteiger partial charge in [0.25, 0.3) is 0 Å². The van der Waals surface area contributed by atoms with Crippen LogP contribution in [0.15, 0.2) is 16.6 Å². The van der Waals surface area contributed by atoms with Crippen molar-refractivity contribution < 1.29 is 4.74 Å². The predicted octanol–water partition coefficient (Wildman–Crippen LogP) is 3.00. The molecule has 78 valence electrons. The summed E-state index contributed by atoms with van der Waals surface area (Å²) in [5.74, 6) is 0.807. The summed E-state index contributed by atoms with van der Waals surface area (Å²) in [5.41, 5.74) is 6.52. The van der Waals surface area contributed by atoms with Gasteiger partial charge in [-0.1, -0.05) is 11.6 Å². The standard InChI is InChI=1S/C10H13BrClNO/c1-14-10-5-7(3-2-4-13)9(12)6-8(10)11/h5-6H,2-4,13H2,1H3. The van der Waals surface area contributed by atoms with Crippen molar-refractivity contribution in [1.82, 2.24) is 0 Å². The van der Waals surface area contributed by atoms with Crippen molar-refractivity contribution in [3.8, 4) is 5.75 Å². The normalized spacial score (nSPS) is 10.3. The predicted molar refractivity (Wildman–Crippen MR) is 63.1 cm³/mol. The highest BCUT2D eigenvalue weighted by Gasteiger charge is 2.06. The number of halogens is 2. The van der Waals surface area contributed by atoms with Crippen LogP contribution >= 0.6 is 27.5 Å². The molecule has 0 aliphatic carbocycles. The third-order valence-corrected chi connectivity index (χ3v) is 2.94. The first-order valence-electron chi connectivity index (χ1n) is 4.41. The number of hydrogen-bond donors (Lipinski definition) is 1. The maximum atomic E-state index is 6.07. The van der Waals surface area contributed by atoms with Crippen LogP contribution < -0.4 is 10.5 Å². The number of ether oxygens (including phenoxy) is 1. The molecule has 2 N–H and O–H groups in total. The van der Waals surface area contributed by atoms with E-state index in [-0.39, 0.29) is 0 Å². The average Bonchev–Trinajstić information content (AvgIpc) is 2.17. The van der Waals surface area contributed by atoms with Crippen LogP contribution in [0, 0.1) is 0 Å². The summed E-state index contributed by atoms with van der Waals surface area (Å²) in [6, 6.07) is 3.80. The Bertz CT molecular complexity index is 317.